The number of rotatable bonds is 4. The van der Waals surface area contributed by atoms with Gasteiger partial charge in [0.1, 0.15) is 0 Å². The van der Waals surface area contributed by atoms with E-state index in [9.17, 15) is 8.42 Å². The molecule has 16 heavy (non-hydrogen) atoms. The number of nitrogens with zero attached hydrogens (tertiary/aromatic N) is 2. The Kier molecular flexibility index (Phi) is 6.81. The molecule has 5 nitrogen and oxygen atoms in total. The molecule has 0 radical (unpaired) electrons. The SMILES string of the molecule is CCCN(C)S(=O)(=O)N1CCNCC1C.Cl. The molecule has 0 aliphatic carbocycles. The molecule has 1 heterocycles. The van der Waals surface area contributed by atoms with Crippen LogP contribution in [0, 0.1) is 0 Å². The molecule has 0 amide bonds. The molecule has 1 unspecified atom stereocenters. The molecule has 0 bridgehead atoms. The summed E-state index contributed by atoms with van der Waals surface area (Å²) in [5, 5.41) is 3.18. The van der Waals surface area contributed by atoms with E-state index in [1.807, 2.05) is 13.8 Å². The molecular formula is C9H22ClN3O2S. The van der Waals surface area contributed by atoms with Crippen LogP contribution in [0.25, 0.3) is 0 Å². The van der Waals surface area contributed by atoms with Gasteiger partial charge in [-0.25, -0.2) is 0 Å². The highest BCUT2D eigenvalue weighted by molar-refractivity contribution is 7.86. The zero-order valence-corrected chi connectivity index (χ0v) is 11.8. The topological polar surface area (TPSA) is 52.7 Å². The number of hydrogen-bond donors (Lipinski definition) is 1. The fourth-order valence-corrected chi connectivity index (χ4v) is 3.40. The minimum Gasteiger partial charge on any atom is -0.314 e. The van der Waals surface area contributed by atoms with E-state index in [1.165, 1.54) is 4.31 Å². The van der Waals surface area contributed by atoms with Crippen LogP contribution < -0.4 is 5.32 Å². The largest absolute Gasteiger partial charge is 0.314 e. The van der Waals surface area contributed by atoms with Crippen molar-refractivity contribution in [2.45, 2.75) is 26.3 Å². The molecule has 0 spiro atoms. The van der Waals surface area contributed by atoms with Gasteiger partial charge in [0, 0.05) is 39.3 Å². The Labute approximate surface area is 105 Å². The van der Waals surface area contributed by atoms with Gasteiger partial charge in [0.05, 0.1) is 0 Å². The maximum atomic E-state index is 12.1. The van der Waals surface area contributed by atoms with E-state index >= 15 is 0 Å². The van der Waals surface area contributed by atoms with Gasteiger partial charge in [-0.2, -0.15) is 17.0 Å². The van der Waals surface area contributed by atoms with E-state index in [0.717, 1.165) is 19.5 Å². The number of halogens is 1. The van der Waals surface area contributed by atoms with Gasteiger partial charge in [0.2, 0.25) is 0 Å². The minimum absolute atomic E-state index is 0. The first-order valence-corrected chi connectivity index (χ1v) is 6.83. The third-order valence-electron chi connectivity index (χ3n) is 2.67. The molecule has 1 rings (SSSR count). The summed E-state index contributed by atoms with van der Waals surface area (Å²) in [7, 11) is -1.60. The third-order valence-corrected chi connectivity index (χ3v) is 4.77. The Morgan fingerprint density at radius 2 is 2.12 bits per heavy atom. The predicted molar refractivity (Wildman–Crippen MR) is 68.1 cm³/mol. The van der Waals surface area contributed by atoms with Gasteiger partial charge >= 0.3 is 0 Å². The van der Waals surface area contributed by atoms with Crippen molar-refractivity contribution >= 4 is 22.6 Å². The summed E-state index contributed by atoms with van der Waals surface area (Å²) in [6.45, 7) is 6.54. The molecule has 7 heteroatoms. The van der Waals surface area contributed by atoms with Crippen molar-refractivity contribution < 1.29 is 8.42 Å². The average Bonchev–Trinajstić information content (AvgIpc) is 2.18. The molecule has 1 N–H and O–H groups in total. The Hall–Kier alpha value is 0.120. The van der Waals surface area contributed by atoms with Crippen LogP contribution in [0.4, 0.5) is 0 Å². The van der Waals surface area contributed by atoms with Gasteiger partial charge < -0.3 is 5.32 Å². The van der Waals surface area contributed by atoms with Crippen LogP contribution in [-0.2, 0) is 10.2 Å². The minimum atomic E-state index is -3.25. The highest BCUT2D eigenvalue weighted by atomic mass is 35.5. The quantitative estimate of drug-likeness (QED) is 0.800. The maximum absolute atomic E-state index is 12.1. The normalized spacial score (nSPS) is 23.1. The van der Waals surface area contributed by atoms with Crippen molar-refractivity contribution in [2.24, 2.45) is 0 Å². The second kappa shape index (κ2) is 6.76. The smallest absolute Gasteiger partial charge is 0.282 e. The Morgan fingerprint density at radius 1 is 1.50 bits per heavy atom. The molecule has 1 aliphatic rings. The second-order valence-electron chi connectivity index (χ2n) is 3.99. The summed E-state index contributed by atoms with van der Waals surface area (Å²) in [5.41, 5.74) is 0. The van der Waals surface area contributed by atoms with Crippen molar-refractivity contribution in [3.05, 3.63) is 0 Å². The van der Waals surface area contributed by atoms with E-state index in [4.69, 9.17) is 0 Å². The van der Waals surface area contributed by atoms with Gasteiger partial charge in [0.25, 0.3) is 10.2 Å². The first kappa shape index (κ1) is 16.1. The molecule has 0 aromatic carbocycles. The van der Waals surface area contributed by atoms with E-state index in [-0.39, 0.29) is 18.4 Å². The van der Waals surface area contributed by atoms with Crippen molar-refractivity contribution in [3.63, 3.8) is 0 Å². The van der Waals surface area contributed by atoms with E-state index < -0.39 is 10.2 Å². The van der Waals surface area contributed by atoms with Crippen LogP contribution in [-0.4, -0.2) is 56.3 Å². The highest BCUT2D eigenvalue weighted by Crippen LogP contribution is 2.12. The summed E-state index contributed by atoms with van der Waals surface area (Å²) >= 11 is 0. The molecule has 0 aromatic rings. The molecule has 98 valence electrons. The van der Waals surface area contributed by atoms with Gasteiger partial charge in [-0.3, -0.25) is 0 Å². The molecule has 1 aliphatic heterocycles. The zero-order chi connectivity index (χ0) is 11.5. The van der Waals surface area contributed by atoms with Crippen LogP contribution in [0.1, 0.15) is 20.3 Å². The van der Waals surface area contributed by atoms with Crippen molar-refractivity contribution in [1.82, 2.24) is 13.9 Å². The Morgan fingerprint density at radius 3 is 2.62 bits per heavy atom. The molecule has 1 atom stereocenters. The lowest BCUT2D eigenvalue weighted by atomic mass is 10.3. The fraction of sp³-hybridized carbons (Fsp3) is 1.00. The Balaban J connectivity index is 0.00000225. The number of piperazine rings is 1. The maximum Gasteiger partial charge on any atom is 0.282 e. The van der Waals surface area contributed by atoms with Crippen molar-refractivity contribution in [3.8, 4) is 0 Å². The van der Waals surface area contributed by atoms with Crippen LogP contribution in [0.5, 0.6) is 0 Å². The van der Waals surface area contributed by atoms with E-state index in [0.29, 0.717) is 13.1 Å². The monoisotopic (exact) mass is 271 g/mol. The van der Waals surface area contributed by atoms with Crippen molar-refractivity contribution in [1.29, 1.82) is 0 Å². The molecule has 0 aromatic heterocycles. The van der Waals surface area contributed by atoms with Crippen LogP contribution >= 0.6 is 12.4 Å². The van der Waals surface area contributed by atoms with E-state index in [2.05, 4.69) is 5.32 Å². The summed E-state index contributed by atoms with van der Waals surface area (Å²) in [5.74, 6) is 0. The fourth-order valence-electron chi connectivity index (χ4n) is 1.77. The lowest BCUT2D eigenvalue weighted by Crippen LogP contribution is -2.55. The van der Waals surface area contributed by atoms with Gasteiger partial charge in [-0.1, -0.05) is 6.92 Å². The predicted octanol–water partition coefficient (Wildman–Crippen LogP) is 0.288. The number of hydrogen-bond acceptors (Lipinski definition) is 3. The first-order chi connectivity index (χ1) is 7.00. The molecule has 1 saturated heterocycles. The standard InChI is InChI=1S/C9H21N3O2S.ClH/c1-4-6-11(3)15(13,14)12-7-5-10-8-9(12)2;/h9-10H,4-8H2,1-3H3;1H. The average molecular weight is 272 g/mol. The third kappa shape index (κ3) is 3.56. The summed E-state index contributed by atoms with van der Waals surface area (Å²) in [6.07, 6.45) is 0.843. The zero-order valence-electron chi connectivity index (χ0n) is 10.1. The Bertz CT molecular complexity index is 297. The second-order valence-corrected chi connectivity index (χ2v) is 5.98. The lowest BCUT2D eigenvalue weighted by Gasteiger charge is -2.35. The molecule has 1 fully saturated rings. The van der Waals surface area contributed by atoms with Gasteiger partial charge in [-0.15, -0.1) is 12.4 Å². The molecular weight excluding hydrogens is 250 g/mol. The summed E-state index contributed by atoms with van der Waals surface area (Å²) in [4.78, 5) is 0. The summed E-state index contributed by atoms with van der Waals surface area (Å²) < 4.78 is 27.2. The lowest BCUT2D eigenvalue weighted by molar-refractivity contribution is 0.263. The van der Waals surface area contributed by atoms with E-state index in [1.54, 1.807) is 11.4 Å². The van der Waals surface area contributed by atoms with Crippen molar-refractivity contribution in [2.75, 3.05) is 33.2 Å². The molecule has 0 saturated carbocycles. The van der Waals surface area contributed by atoms with Crippen LogP contribution in [0.2, 0.25) is 0 Å². The van der Waals surface area contributed by atoms with Gasteiger partial charge in [0.15, 0.2) is 0 Å². The van der Waals surface area contributed by atoms with Gasteiger partial charge in [-0.05, 0) is 13.3 Å². The summed E-state index contributed by atoms with van der Waals surface area (Å²) in [6, 6.07) is 0.0445. The number of nitrogens with one attached hydrogen (secondary N) is 1. The first-order valence-electron chi connectivity index (χ1n) is 5.44. The highest BCUT2D eigenvalue weighted by Gasteiger charge is 2.31. The van der Waals surface area contributed by atoms with Crippen LogP contribution in [0.15, 0.2) is 0 Å². The van der Waals surface area contributed by atoms with Crippen LogP contribution in [0.3, 0.4) is 0 Å².